The van der Waals surface area contributed by atoms with E-state index in [-0.39, 0.29) is 5.91 Å². The van der Waals surface area contributed by atoms with Crippen LogP contribution in [0.2, 0.25) is 5.02 Å². The lowest BCUT2D eigenvalue weighted by Gasteiger charge is -2.20. The molecule has 3 heteroatoms. The van der Waals surface area contributed by atoms with Crippen molar-refractivity contribution in [1.82, 2.24) is 0 Å². The first kappa shape index (κ1) is 11.1. The zero-order valence-corrected chi connectivity index (χ0v) is 9.21. The lowest BCUT2D eigenvalue weighted by atomic mass is 10.2. The number of hydrogen-bond donors (Lipinski definition) is 0. The van der Waals surface area contributed by atoms with E-state index < -0.39 is 0 Å². The molecule has 0 aliphatic carbocycles. The summed E-state index contributed by atoms with van der Waals surface area (Å²) >= 11 is 5.86. The first-order valence-corrected chi connectivity index (χ1v) is 5.06. The average Bonchev–Trinajstić information content (AvgIpc) is 2.13. The molecule has 0 heterocycles. The van der Waals surface area contributed by atoms with E-state index in [1.54, 1.807) is 24.0 Å². The van der Waals surface area contributed by atoms with Crippen LogP contribution in [0.4, 0.5) is 5.69 Å². The summed E-state index contributed by atoms with van der Waals surface area (Å²) in [7, 11) is 0. The summed E-state index contributed by atoms with van der Waals surface area (Å²) < 4.78 is 0. The Labute approximate surface area is 89.5 Å². The number of halogens is 1. The molecule has 14 heavy (non-hydrogen) atoms. The van der Waals surface area contributed by atoms with Crippen molar-refractivity contribution in [1.29, 1.82) is 0 Å². The van der Waals surface area contributed by atoms with Gasteiger partial charge in [-0.25, -0.2) is 0 Å². The quantitative estimate of drug-likeness (QED) is 0.753. The number of anilines is 1. The third kappa shape index (κ3) is 2.74. The normalized spacial score (nSPS) is 9.93. The molecule has 1 aromatic rings. The van der Waals surface area contributed by atoms with Crippen LogP contribution in [0.3, 0.4) is 0 Å². The highest BCUT2D eigenvalue weighted by Gasteiger charge is 2.09. The van der Waals surface area contributed by atoms with Gasteiger partial charge in [-0.1, -0.05) is 24.6 Å². The second-order valence-corrected chi connectivity index (χ2v) is 3.59. The maximum absolute atomic E-state index is 11.3. The zero-order chi connectivity index (χ0) is 10.6. The molecule has 0 aromatic heterocycles. The number of amides is 1. The van der Waals surface area contributed by atoms with E-state index in [1.165, 1.54) is 0 Å². The van der Waals surface area contributed by atoms with Crippen LogP contribution in [0, 0.1) is 0 Å². The Kier molecular flexibility index (Phi) is 3.96. The lowest BCUT2D eigenvalue weighted by molar-refractivity contribution is -0.116. The van der Waals surface area contributed by atoms with Gasteiger partial charge in [0.2, 0.25) is 5.91 Å². The second-order valence-electron chi connectivity index (χ2n) is 3.15. The van der Waals surface area contributed by atoms with Gasteiger partial charge >= 0.3 is 0 Å². The molecule has 0 saturated carbocycles. The van der Waals surface area contributed by atoms with E-state index in [2.05, 4.69) is 0 Å². The molecule has 0 radical (unpaired) electrons. The number of hydrogen-bond acceptors (Lipinski definition) is 1. The summed E-state index contributed by atoms with van der Waals surface area (Å²) in [6, 6.07) is 7.35. The van der Waals surface area contributed by atoms with Crippen LogP contribution in [-0.2, 0) is 4.79 Å². The van der Waals surface area contributed by atoms with Crippen molar-refractivity contribution >= 4 is 23.2 Å². The van der Waals surface area contributed by atoms with Crippen LogP contribution < -0.4 is 4.90 Å². The average molecular weight is 212 g/mol. The van der Waals surface area contributed by atoms with Crippen LogP contribution in [0.25, 0.3) is 0 Å². The number of rotatable bonds is 3. The van der Waals surface area contributed by atoms with Crippen LogP contribution in [0.1, 0.15) is 20.3 Å². The van der Waals surface area contributed by atoms with Gasteiger partial charge in [-0.15, -0.1) is 0 Å². The van der Waals surface area contributed by atoms with Gasteiger partial charge < -0.3 is 4.90 Å². The molecule has 0 saturated heterocycles. The number of benzene rings is 1. The van der Waals surface area contributed by atoms with Gasteiger partial charge in [-0.3, -0.25) is 4.79 Å². The molecule has 0 N–H and O–H groups in total. The smallest absolute Gasteiger partial charge is 0.223 e. The Bertz CT molecular complexity index is 325. The number of carbonyl (C=O) groups is 1. The molecule has 0 atom stereocenters. The third-order valence-corrected chi connectivity index (χ3v) is 2.18. The van der Waals surface area contributed by atoms with Crippen molar-refractivity contribution in [2.45, 2.75) is 20.3 Å². The molecule has 0 spiro atoms. The Hall–Kier alpha value is -1.02. The van der Waals surface area contributed by atoms with Crippen molar-refractivity contribution in [3.8, 4) is 0 Å². The summed E-state index contributed by atoms with van der Waals surface area (Å²) in [5.41, 5.74) is 0.867. The van der Waals surface area contributed by atoms with Crippen molar-refractivity contribution in [3.05, 3.63) is 29.3 Å². The molecule has 1 rings (SSSR count). The van der Waals surface area contributed by atoms with Crippen LogP contribution in [0.15, 0.2) is 24.3 Å². The van der Waals surface area contributed by atoms with E-state index in [1.807, 2.05) is 19.1 Å². The molecule has 0 aliphatic rings. The van der Waals surface area contributed by atoms with Gasteiger partial charge in [0.15, 0.2) is 0 Å². The van der Waals surface area contributed by atoms with Crippen molar-refractivity contribution < 1.29 is 4.79 Å². The molecule has 1 amide bonds. The summed E-state index contributed by atoms with van der Waals surface area (Å²) in [5.74, 6) is 0.0501. The molecular formula is C11H14ClNO. The van der Waals surface area contributed by atoms with Crippen molar-refractivity contribution in [2.24, 2.45) is 0 Å². The van der Waals surface area contributed by atoms with Crippen LogP contribution in [-0.4, -0.2) is 12.5 Å². The fourth-order valence-electron chi connectivity index (χ4n) is 1.34. The minimum absolute atomic E-state index is 0.0501. The first-order valence-electron chi connectivity index (χ1n) is 4.69. The van der Waals surface area contributed by atoms with Gasteiger partial charge in [-0.05, 0) is 24.6 Å². The lowest BCUT2D eigenvalue weighted by Crippen LogP contribution is -2.28. The van der Waals surface area contributed by atoms with Gasteiger partial charge in [0.1, 0.15) is 0 Å². The standard InChI is InChI=1S/C11H14ClNO/c1-3-7-13(9(2)14)11-6-4-5-10(12)8-11/h4-6,8H,3,7H2,1-2H3. The predicted octanol–water partition coefficient (Wildman–Crippen LogP) is 3.10. The van der Waals surface area contributed by atoms with E-state index in [4.69, 9.17) is 11.6 Å². The number of carbonyl (C=O) groups excluding carboxylic acids is 1. The summed E-state index contributed by atoms with van der Waals surface area (Å²) in [5, 5.41) is 0.657. The molecule has 0 unspecified atom stereocenters. The minimum atomic E-state index is 0.0501. The Morgan fingerprint density at radius 3 is 2.71 bits per heavy atom. The Balaban J connectivity index is 2.93. The number of nitrogens with zero attached hydrogens (tertiary/aromatic N) is 1. The monoisotopic (exact) mass is 211 g/mol. The van der Waals surface area contributed by atoms with E-state index >= 15 is 0 Å². The maximum atomic E-state index is 11.3. The SMILES string of the molecule is CCCN(C(C)=O)c1cccc(Cl)c1. The Morgan fingerprint density at radius 1 is 1.50 bits per heavy atom. The molecule has 76 valence electrons. The van der Waals surface area contributed by atoms with Gasteiger partial charge in [0, 0.05) is 24.2 Å². The summed E-state index contributed by atoms with van der Waals surface area (Å²) in [4.78, 5) is 13.1. The minimum Gasteiger partial charge on any atom is -0.313 e. The molecule has 0 fully saturated rings. The van der Waals surface area contributed by atoms with Crippen LogP contribution in [0.5, 0.6) is 0 Å². The Morgan fingerprint density at radius 2 is 2.21 bits per heavy atom. The second kappa shape index (κ2) is 5.01. The zero-order valence-electron chi connectivity index (χ0n) is 8.46. The van der Waals surface area contributed by atoms with E-state index in [9.17, 15) is 4.79 Å². The molecular weight excluding hydrogens is 198 g/mol. The molecule has 0 bridgehead atoms. The van der Waals surface area contributed by atoms with Gasteiger partial charge in [-0.2, -0.15) is 0 Å². The highest BCUT2D eigenvalue weighted by atomic mass is 35.5. The maximum Gasteiger partial charge on any atom is 0.223 e. The first-order chi connectivity index (χ1) is 6.65. The van der Waals surface area contributed by atoms with E-state index in [0.29, 0.717) is 5.02 Å². The van der Waals surface area contributed by atoms with Crippen molar-refractivity contribution in [2.75, 3.05) is 11.4 Å². The molecule has 2 nitrogen and oxygen atoms in total. The third-order valence-electron chi connectivity index (χ3n) is 1.95. The molecule has 0 aliphatic heterocycles. The predicted molar refractivity (Wildman–Crippen MR) is 59.8 cm³/mol. The fourth-order valence-corrected chi connectivity index (χ4v) is 1.52. The van der Waals surface area contributed by atoms with Gasteiger partial charge in [0.05, 0.1) is 0 Å². The van der Waals surface area contributed by atoms with E-state index in [0.717, 1.165) is 18.7 Å². The topological polar surface area (TPSA) is 20.3 Å². The highest BCUT2D eigenvalue weighted by Crippen LogP contribution is 2.19. The molecule has 1 aromatic carbocycles. The largest absolute Gasteiger partial charge is 0.313 e. The fraction of sp³-hybridized carbons (Fsp3) is 0.364. The van der Waals surface area contributed by atoms with Crippen LogP contribution >= 0.6 is 11.6 Å². The highest BCUT2D eigenvalue weighted by molar-refractivity contribution is 6.30. The van der Waals surface area contributed by atoms with Gasteiger partial charge in [0.25, 0.3) is 0 Å². The summed E-state index contributed by atoms with van der Waals surface area (Å²) in [6.07, 6.45) is 0.937. The van der Waals surface area contributed by atoms with Crippen molar-refractivity contribution in [3.63, 3.8) is 0 Å². The summed E-state index contributed by atoms with van der Waals surface area (Å²) in [6.45, 7) is 4.34.